The number of benzene rings is 9. The van der Waals surface area contributed by atoms with Crippen LogP contribution in [0.4, 0.5) is 17.1 Å². The molecule has 1 nitrogen and oxygen atoms in total. The van der Waals surface area contributed by atoms with Crippen LogP contribution in [0.2, 0.25) is 0 Å². The fourth-order valence-corrected chi connectivity index (χ4v) is 10.6. The minimum atomic E-state index is 1.13. The Morgan fingerprint density at radius 3 is 1.72 bits per heavy atom. The Bertz CT molecular complexity index is 3150. The van der Waals surface area contributed by atoms with Gasteiger partial charge >= 0.3 is 0 Å². The van der Waals surface area contributed by atoms with E-state index in [0.717, 1.165) is 11.4 Å². The van der Waals surface area contributed by atoms with Gasteiger partial charge in [0, 0.05) is 51.7 Å². The lowest BCUT2D eigenvalue weighted by molar-refractivity contribution is 1.30. The molecule has 0 spiro atoms. The second-order valence-corrected chi connectivity index (χ2v) is 15.8. The van der Waals surface area contributed by atoms with Crippen LogP contribution < -0.4 is 4.90 Å². The van der Waals surface area contributed by atoms with Gasteiger partial charge in [-0.15, -0.1) is 22.7 Å². The summed E-state index contributed by atoms with van der Waals surface area (Å²) in [5.41, 5.74) is 8.30. The predicted molar refractivity (Wildman–Crippen MR) is 233 cm³/mol. The molecule has 0 amide bonds. The Kier molecular flexibility index (Phi) is 6.97. The van der Waals surface area contributed by atoms with Gasteiger partial charge in [0.2, 0.25) is 0 Å². The van der Waals surface area contributed by atoms with E-state index in [9.17, 15) is 0 Å². The van der Waals surface area contributed by atoms with E-state index in [1.54, 1.807) is 0 Å². The van der Waals surface area contributed by atoms with Crippen molar-refractivity contribution in [1.82, 2.24) is 0 Å². The molecule has 0 N–H and O–H groups in total. The molecule has 9 aromatic carbocycles. The lowest BCUT2D eigenvalue weighted by atomic mass is 9.97. The van der Waals surface area contributed by atoms with Crippen molar-refractivity contribution in [3.8, 4) is 22.3 Å². The van der Waals surface area contributed by atoms with Crippen molar-refractivity contribution in [2.24, 2.45) is 0 Å². The normalized spacial score (nSPS) is 11.8. The van der Waals surface area contributed by atoms with Crippen LogP contribution >= 0.6 is 22.7 Å². The zero-order valence-electron chi connectivity index (χ0n) is 28.7. The first-order valence-corrected chi connectivity index (χ1v) is 19.6. The molecule has 0 aliphatic heterocycles. The lowest BCUT2D eigenvalue weighted by Crippen LogP contribution is -2.10. The molecule has 0 radical (unpaired) electrons. The Morgan fingerprint density at radius 1 is 0.321 bits per heavy atom. The molecule has 0 saturated carbocycles. The molecule has 11 aromatic rings. The molecule has 0 bridgehead atoms. The lowest BCUT2D eigenvalue weighted by Gasteiger charge is -2.27. The van der Waals surface area contributed by atoms with E-state index in [-0.39, 0.29) is 0 Å². The zero-order chi connectivity index (χ0) is 34.9. The number of rotatable bonds is 5. The van der Waals surface area contributed by atoms with Crippen LogP contribution in [0.5, 0.6) is 0 Å². The molecule has 3 heteroatoms. The maximum Gasteiger partial charge on any atom is 0.0555 e. The fraction of sp³-hybridized carbons (Fsp3) is 0. The van der Waals surface area contributed by atoms with Crippen molar-refractivity contribution in [2.45, 2.75) is 0 Å². The third-order valence-corrected chi connectivity index (χ3v) is 13.0. The van der Waals surface area contributed by atoms with E-state index in [1.165, 1.54) is 89.8 Å². The molecule has 0 aliphatic rings. The smallest absolute Gasteiger partial charge is 0.0555 e. The zero-order valence-corrected chi connectivity index (χ0v) is 30.3. The van der Waals surface area contributed by atoms with E-state index < -0.39 is 0 Å². The van der Waals surface area contributed by atoms with Gasteiger partial charge in [-0.25, -0.2) is 0 Å². The number of anilines is 3. The van der Waals surface area contributed by atoms with Crippen LogP contribution in [-0.2, 0) is 0 Å². The molecule has 0 atom stereocenters. The van der Waals surface area contributed by atoms with Gasteiger partial charge in [0.15, 0.2) is 0 Å². The summed E-state index contributed by atoms with van der Waals surface area (Å²) in [6.45, 7) is 0. The monoisotopic (exact) mass is 709 g/mol. The average Bonchev–Trinajstić information content (AvgIpc) is 3.81. The number of fused-ring (bicyclic) bond motifs is 10. The van der Waals surface area contributed by atoms with Crippen molar-refractivity contribution in [1.29, 1.82) is 0 Å². The van der Waals surface area contributed by atoms with Crippen LogP contribution in [-0.4, -0.2) is 0 Å². The SMILES string of the molecule is c1ccc(-c2ccc(N(c3ccc(-c4ccc5c(ccc6ccccc65)c4)cc3)c3cccc4sc5ccc6c7ccccc7sc6c5c34)cc2)cc1. The first-order valence-electron chi connectivity index (χ1n) is 18.0. The maximum atomic E-state index is 2.45. The second-order valence-electron chi connectivity index (χ2n) is 13.7. The average molecular weight is 710 g/mol. The number of hydrogen-bond acceptors (Lipinski definition) is 3. The highest BCUT2D eigenvalue weighted by atomic mass is 32.1. The van der Waals surface area contributed by atoms with Gasteiger partial charge in [0.05, 0.1) is 5.69 Å². The van der Waals surface area contributed by atoms with E-state index >= 15 is 0 Å². The van der Waals surface area contributed by atoms with Gasteiger partial charge in [-0.3, -0.25) is 0 Å². The first kappa shape index (κ1) is 30.4. The molecule has 248 valence electrons. The summed E-state index contributed by atoms with van der Waals surface area (Å²) in [5, 5.41) is 10.4. The molecule has 0 saturated heterocycles. The molecule has 2 heterocycles. The standard InChI is InChI=1S/C50H31NS2/c1-2-9-32(10-3-1)33-19-24-38(25-20-33)51(39-26-21-34(22-27-39)36-23-28-41-37(31-36)18-17-35-11-4-5-12-40(35)41)44-14-8-16-46-48(44)49-47(52-46)30-29-43-42-13-6-7-15-45(42)53-50(43)49/h1-31H. The molecule has 2 aromatic heterocycles. The first-order chi connectivity index (χ1) is 26.3. The summed E-state index contributed by atoms with van der Waals surface area (Å²) in [4.78, 5) is 2.45. The van der Waals surface area contributed by atoms with Crippen molar-refractivity contribution >= 4 is 102 Å². The maximum absolute atomic E-state index is 2.45. The van der Waals surface area contributed by atoms with Crippen molar-refractivity contribution in [3.63, 3.8) is 0 Å². The van der Waals surface area contributed by atoms with Crippen LogP contribution in [0.25, 0.3) is 84.1 Å². The summed E-state index contributed by atoms with van der Waals surface area (Å²) in [6, 6.07) is 69.0. The number of thiophene rings is 2. The van der Waals surface area contributed by atoms with E-state index in [1.807, 2.05) is 22.7 Å². The molecule has 53 heavy (non-hydrogen) atoms. The topological polar surface area (TPSA) is 3.24 Å². The largest absolute Gasteiger partial charge is 0.310 e. The van der Waals surface area contributed by atoms with Gasteiger partial charge in [-0.1, -0.05) is 133 Å². The highest BCUT2D eigenvalue weighted by Crippen LogP contribution is 2.49. The molecule has 0 fully saturated rings. The summed E-state index contributed by atoms with van der Waals surface area (Å²) in [6.07, 6.45) is 0. The van der Waals surface area contributed by atoms with Gasteiger partial charge in [0.1, 0.15) is 0 Å². The van der Waals surface area contributed by atoms with Crippen LogP contribution in [0, 0.1) is 0 Å². The van der Waals surface area contributed by atoms with Crippen LogP contribution in [0.15, 0.2) is 188 Å². The predicted octanol–water partition coefficient (Wildman–Crippen LogP) is 15.5. The third kappa shape index (κ3) is 4.97. The Labute approximate surface area is 315 Å². The van der Waals surface area contributed by atoms with E-state index in [2.05, 4.69) is 193 Å². The summed E-state index contributed by atoms with van der Waals surface area (Å²) in [7, 11) is 0. The summed E-state index contributed by atoms with van der Waals surface area (Å²) in [5.74, 6) is 0. The van der Waals surface area contributed by atoms with Gasteiger partial charge in [-0.2, -0.15) is 0 Å². The highest BCUT2D eigenvalue weighted by molar-refractivity contribution is 7.29. The Balaban J connectivity index is 1.09. The third-order valence-electron chi connectivity index (χ3n) is 10.7. The number of nitrogens with zero attached hydrogens (tertiary/aromatic N) is 1. The molecular formula is C50H31NS2. The highest BCUT2D eigenvalue weighted by Gasteiger charge is 2.21. The van der Waals surface area contributed by atoms with Gasteiger partial charge in [0.25, 0.3) is 0 Å². The number of hydrogen-bond donors (Lipinski definition) is 0. The fourth-order valence-electron chi connectivity index (χ4n) is 8.11. The molecular weight excluding hydrogens is 679 g/mol. The summed E-state index contributed by atoms with van der Waals surface area (Å²) >= 11 is 3.80. The van der Waals surface area contributed by atoms with Crippen molar-refractivity contribution in [2.75, 3.05) is 4.90 Å². The Hall–Kier alpha value is -6.26. The molecule has 11 rings (SSSR count). The van der Waals surface area contributed by atoms with Crippen LogP contribution in [0.1, 0.15) is 0 Å². The van der Waals surface area contributed by atoms with Gasteiger partial charge < -0.3 is 4.90 Å². The molecule has 0 unspecified atom stereocenters. The second kappa shape index (κ2) is 12.2. The van der Waals surface area contributed by atoms with E-state index in [0.29, 0.717) is 0 Å². The minimum Gasteiger partial charge on any atom is -0.310 e. The summed E-state index contributed by atoms with van der Waals surface area (Å²) < 4.78 is 5.32. The van der Waals surface area contributed by atoms with Crippen molar-refractivity contribution in [3.05, 3.63) is 188 Å². The van der Waals surface area contributed by atoms with Crippen molar-refractivity contribution < 1.29 is 0 Å². The minimum absolute atomic E-state index is 1.13. The van der Waals surface area contributed by atoms with E-state index in [4.69, 9.17) is 0 Å². The van der Waals surface area contributed by atoms with Gasteiger partial charge in [-0.05, 0) is 98.4 Å². The Morgan fingerprint density at radius 2 is 0.906 bits per heavy atom. The quantitative estimate of drug-likeness (QED) is 0.161. The molecule has 0 aliphatic carbocycles. The van der Waals surface area contributed by atoms with Crippen LogP contribution in [0.3, 0.4) is 0 Å².